The number of halogens is 1. The Kier molecular flexibility index (Phi) is 6.19. The molecule has 0 atom stereocenters. The van der Waals surface area contributed by atoms with E-state index in [0.717, 1.165) is 0 Å². The van der Waals surface area contributed by atoms with Gasteiger partial charge in [0.1, 0.15) is 0 Å². The average molecular weight is 334 g/mol. The molecule has 1 rings (SSSR count). The molecule has 0 aliphatic carbocycles. The van der Waals surface area contributed by atoms with Crippen molar-refractivity contribution in [2.75, 3.05) is 20.2 Å². The van der Waals surface area contributed by atoms with Crippen molar-refractivity contribution in [3.8, 4) is 0 Å². The summed E-state index contributed by atoms with van der Waals surface area (Å²) in [4.78, 5) is 13.7. The van der Waals surface area contributed by atoms with Crippen LogP contribution in [0.1, 0.15) is 29.8 Å². The van der Waals surface area contributed by atoms with E-state index in [1.807, 2.05) is 13.8 Å². The molecular weight excluding hydrogens is 314 g/mol. The number of hydrogen-bond donors (Lipinski definition) is 0. The number of benzene rings is 1. The second-order valence-corrected chi connectivity index (χ2v) is 7.68. The predicted molar refractivity (Wildman–Crippen MR) is 82.3 cm³/mol. The number of ether oxygens (including phenoxy) is 1. The summed E-state index contributed by atoms with van der Waals surface area (Å²) in [6.45, 7) is 6.39. The molecule has 0 radical (unpaired) electrons. The summed E-state index contributed by atoms with van der Waals surface area (Å²) in [6.07, 6.45) is 0.0977. The van der Waals surface area contributed by atoms with E-state index in [9.17, 15) is 13.2 Å². The molecule has 0 heterocycles. The third-order valence-corrected chi connectivity index (χ3v) is 4.14. The molecule has 0 aliphatic heterocycles. The zero-order valence-electron chi connectivity index (χ0n) is 12.6. The first-order valence-electron chi connectivity index (χ1n) is 6.54. The Labute approximate surface area is 130 Å². The number of carbonyl (C=O) groups is 1. The van der Waals surface area contributed by atoms with Gasteiger partial charge >= 0.3 is 0 Å². The maximum Gasteiger partial charge on any atom is 0.261 e. The van der Waals surface area contributed by atoms with Gasteiger partial charge in [0, 0.05) is 29.8 Å². The molecule has 0 bridgehead atoms. The summed E-state index contributed by atoms with van der Waals surface area (Å²) >= 11 is 0. The van der Waals surface area contributed by atoms with E-state index in [4.69, 9.17) is 15.4 Å². The lowest BCUT2D eigenvalue weighted by Gasteiger charge is -2.18. The monoisotopic (exact) mass is 333 g/mol. The van der Waals surface area contributed by atoms with E-state index < -0.39 is 9.05 Å². The number of carbonyl (C=O) groups excluding carboxylic acids is 1. The first kappa shape index (κ1) is 17.9. The smallest absolute Gasteiger partial charge is 0.261 e. The van der Waals surface area contributed by atoms with Gasteiger partial charge in [0.05, 0.1) is 17.6 Å². The summed E-state index contributed by atoms with van der Waals surface area (Å²) in [5, 5.41) is 0. The van der Waals surface area contributed by atoms with Crippen molar-refractivity contribution in [2.45, 2.75) is 31.8 Å². The quantitative estimate of drug-likeness (QED) is 0.750. The van der Waals surface area contributed by atoms with Gasteiger partial charge in [-0.1, -0.05) is 0 Å². The molecular formula is C14H20ClNO4S. The average Bonchev–Trinajstić information content (AvgIpc) is 2.35. The standard InChI is InChI=1S/C14H20ClNO4S/c1-10(2)20-6-5-16(4)14(17)12-7-11(3)8-13(9-12)21(15,18)19/h7-10H,5-6H2,1-4H3. The van der Waals surface area contributed by atoms with Crippen LogP contribution in [0.2, 0.25) is 0 Å². The number of rotatable bonds is 6. The summed E-state index contributed by atoms with van der Waals surface area (Å²) in [5.41, 5.74) is 0.952. The van der Waals surface area contributed by atoms with Gasteiger partial charge in [-0.3, -0.25) is 4.79 Å². The van der Waals surface area contributed by atoms with Gasteiger partial charge in [-0.05, 0) is 44.5 Å². The molecule has 7 heteroatoms. The largest absolute Gasteiger partial charge is 0.377 e. The maximum absolute atomic E-state index is 12.3. The van der Waals surface area contributed by atoms with Crippen molar-refractivity contribution >= 4 is 25.6 Å². The second kappa shape index (κ2) is 7.24. The highest BCUT2D eigenvalue weighted by atomic mass is 35.7. The highest BCUT2D eigenvalue weighted by molar-refractivity contribution is 8.13. The minimum absolute atomic E-state index is 0.0700. The molecule has 1 aromatic carbocycles. The highest BCUT2D eigenvalue weighted by Gasteiger charge is 2.17. The SMILES string of the molecule is Cc1cc(C(=O)N(C)CCOC(C)C)cc(S(=O)(=O)Cl)c1. The number of aryl methyl sites for hydroxylation is 1. The molecule has 21 heavy (non-hydrogen) atoms. The second-order valence-electron chi connectivity index (χ2n) is 5.12. The van der Waals surface area contributed by atoms with Crippen LogP contribution in [-0.2, 0) is 13.8 Å². The lowest BCUT2D eigenvalue weighted by Crippen LogP contribution is -2.31. The van der Waals surface area contributed by atoms with Gasteiger partial charge in [-0.15, -0.1) is 0 Å². The van der Waals surface area contributed by atoms with Crippen molar-refractivity contribution in [3.05, 3.63) is 29.3 Å². The first-order chi connectivity index (χ1) is 9.61. The Bertz CT molecular complexity index is 613. The van der Waals surface area contributed by atoms with Crippen molar-refractivity contribution in [1.82, 2.24) is 4.90 Å². The molecule has 0 spiro atoms. The normalized spacial score (nSPS) is 11.7. The molecule has 118 valence electrons. The fraction of sp³-hybridized carbons (Fsp3) is 0.500. The third kappa shape index (κ3) is 5.65. The zero-order valence-corrected chi connectivity index (χ0v) is 14.2. The molecule has 1 aromatic rings. The van der Waals surface area contributed by atoms with Crippen LogP contribution in [0.5, 0.6) is 0 Å². The lowest BCUT2D eigenvalue weighted by molar-refractivity contribution is 0.0532. The Morgan fingerprint density at radius 1 is 1.33 bits per heavy atom. The minimum atomic E-state index is -3.86. The number of amides is 1. The summed E-state index contributed by atoms with van der Waals surface area (Å²) in [5.74, 6) is -0.271. The predicted octanol–water partition coefficient (Wildman–Crippen LogP) is 2.42. The van der Waals surface area contributed by atoms with Gasteiger partial charge in [-0.25, -0.2) is 8.42 Å². The van der Waals surface area contributed by atoms with Gasteiger partial charge in [0.2, 0.25) is 0 Å². The van der Waals surface area contributed by atoms with Crippen molar-refractivity contribution in [1.29, 1.82) is 0 Å². The van der Waals surface area contributed by atoms with Crippen LogP contribution >= 0.6 is 10.7 Å². The summed E-state index contributed by atoms with van der Waals surface area (Å²) in [6, 6.07) is 4.35. The van der Waals surface area contributed by atoms with E-state index in [1.54, 1.807) is 20.0 Å². The topological polar surface area (TPSA) is 63.7 Å². The van der Waals surface area contributed by atoms with E-state index in [1.165, 1.54) is 17.0 Å². The molecule has 0 fully saturated rings. The zero-order chi connectivity index (χ0) is 16.2. The van der Waals surface area contributed by atoms with Crippen LogP contribution < -0.4 is 0 Å². The van der Waals surface area contributed by atoms with Gasteiger partial charge in [-0.2, -0.15) is 0 Å². The molecule has 1 amide bonds. The maximum atomic E-state index is 12.3. The first-order valence-corrected chi connectivity index (χ1v) is 8.85. The molecule has 0 saturated heterocycles. The van der Waals surface area contributed by atoms with Crippen LogP contribution in [0.4, 0.5) is 0 Å². The van der Waals surface area contributed by atoms with E-state index in [2.05, 4.69) is 0 Å². The summed E-state index contributed by atoms with van der Waals surface area (Å²) < 4.78 is 28.2. The van der Waals surface area contributed by atoms with E-state index >= 15 is 0 Å². The molecule has 5 nitrogen and oxygen atoms in total. The third-order valence-electron chi connectivity index (χ3n) is 2.80. The van der Waals surface area contributed by atoms with Crippen LogP contribution in [0, 0.1) is 6.92 Å². The van der Waals surface area contributed by atoms with Gasteiger partial charge < -0.3 is 9.64 Å². The molecule has 0 N–H and O–H groups in total. The highest BCUT2D eigenvalue weighted by Crippen LogP contribution is 2.19. The Morgan fingerprint density at radius 2 is 1.95 bits per heavy atom. The molecule has 0 saturated carbocycles. The minimum Gasteiger partial charge on any atom is -0.377 e. The van der Waals surface area contributed by atoms with E-state index in [0.29, 0.717) is 24.3 Å². The Hall–Kier alpha value is -1.11. The van der Waals surface area contributed by atoms with Crippen LogP contribution in [-0.4, -0.2) is 45.5 Å². The number of likely N-dealkylation sites (N-methyl/N-ethyl adjacent to an activating group) is 1. The Balaban J connectivity index is 2.89. The van der Waals surface area contributed by atoms with Crippen molar-refractivity contribution in [2.24, 2.45) is 0 Å². The molecule has 0 aromatic heterocycles. The number of nitrogens with zero attached hydrogens (tertiary/aromatic N) is 1. The van der Waals surface area contributed by atoms with Crippen molar-refractivity contribution < 1.29 is 17.9 Å². The van der Waals surface area contributed by atoms with Crippen molar-refractivity contribution in [3.63, 3.8) is 0 Å². The fourth-order valence-corrected chi connectivity index (χ4v) is 2.62. The van der Waals surface area contributed by atoms with Crippen LogP contribution in [0.15, 0.2) is 23.1 Å². The summed E-state index contributed by atoms with van der Waals surface area (Å²) in [7, 11) is 3.12. The Morgan fingerprint density at radius 3 is 2.48 bits per heavy atom. The number of hydrogen-bond acceptors (Lipinski definition) is 4. The fourth-order valence-electron chi connectivity index (χ4n) is 1.76. The van der Waals surface area contributed by atoms with Gasteiger partial charge in [0.25, 0.3) is 15.0 Å². The van der Waals surface area contributed by atoms with E-state index in [-0.39, 0.29) is 16.9 Å². The van der Waals surface area contributed by atoms with Crippen LogP contribution in [0.25, 0.3) is 0 Å². The molecule has 0 unspecified atom stereocenters. The lowest BCUT2D eigenvalue weighted by atomic mass is 10.1. The molecule has 0 aliphatic rings. The van der Waals surface area contributed by atoms with Gasteiger partial charge in [0.15, 0.2) is 0 Å². The van der Waals surface area contributed by atoms with Crippen LogP contribution in [0.3, 0.4) is 0 Å².